The molecule has 0 amide bonds. The van der Waals surface area contributed by atoms with E-state index in [1.165, 1.54) is 0 Å². The van der Waals surface area contributed by atoms with Crippen LogP contribution in [0.4, 0.5) is 17.6 Å². The fraction of sp³-hybridized carbons (Fsp3) is 0.400. The van der Waals surface area contributed by atoms with Gasteiger partial charge in [0, 0.05) is 12.1 Å². The summed E-state index contributed by atoms with van der Waals surface area (Å²) in [7, 11) is 0. The molecule has 0 spiro atoms. The van der Waals surface area contributed by atoms with Crippen LogP contribution in [-0.2, 0) is 12.7 Å². The summed E-state index contributed by atoms with van der Waals surface area (Å²) in [5, 5.41) is 2.68. The Morgan fingerprint density at radius 2 is 1.93 bits per heavy atom. The maximum absolute atomic E-state index is 13.2. The van der Waals surface area contributed by atoms with Gasteiger partial charge >= 0.3 is 6.18 Å². The van der Waals surface area contributed by atoms with Crippen molar-refractivity contribution in [2.45, 2.75) is 19.6 Å². The van der Waals surface area contributed by atoms with E-state index in [9.17, 15) is 17.6 Å². The number of alkyl halides is 3. The summed E-state index contributed by atoms with van der Waals surface area (Å²) in [5.41, 5.74) is -1.24. The Morgan fingerprint density at radius 3 is 2.47 bits per heavy atom. The summed E-state index contributed by atoms with van der Waals surface area (Å²) in [6.07, 6.45) is -4.51. The summed E-state index contributed by atoms with van der Waals surface area (Å²) >= 11 is 0. The van der Waals surface area contributed by atoms with Crippen LogP contribution in [0, 0.1) is 5.82 Å². The topological polar surface area (TPSA) is 12.0 Å². The van der Waals surface area contributed by atoms with Gasteiger partial charge in [0.1, 0.15) is 5.82 Å². The van der Waals surface area contributed by atoms with E-state index in [1.54, 1.807) is 6.92 Å². The van der Waals surface area contributed by atoms with Crippen LogP contribution in [0.3, 0.4) is 0 Å². The molecule has 1 rings (SSSR count). The van der Waals surface area contributed by atoms with Crippen molar-refractivity contribution >= 4 is 0 Å². The second-order valence-corrected chi connectivity index (χ2v) is 3.04. The Morgan fingerprint density at radius 1 is 1.27 bits per heavy atom. The fourth-order valence-electron chi connectivity index (χ4n) is 1.25. The molecular weight excluding hydrogens is 210 g/mol. The minimum Gasteiger partial charge on any atom is -0.313 e. The van der Waals surface area contributed by atoms with Gasteiger partial charge in [0.25, 0.3) is 0 Å². The third-order valence-electron chi connectivity index (χ3n) is 1.98. The smallest absolute Gasteiger partial charge is 0.313 e. The number of hydrogen-bond acceptors (Lipinski definition) is 1. The van der Waals surface area contributed by atoms with E-state index in [0.717, 1.165) is 18.2 Å². The maximum atomic E-state index is 13.2. The van der Waals surface area contributed by atoms with E-state index in [0.29, 0.717) is 6.54 Å². The van der Waals surface area contributed by atoms with Crippen LogP contribution >= 0.6 is 0 Å². The van der Waals surface area contributed by atoms with Gasteiger partial charge in [-0.3, -0.25) is 0 Å². The molecule has 1 N–H and O–H groups in total. The van der Waals surface area contributed by atoms with Crippen LogP contribution in [0.2, 0.25) is 0 Å². The zero-order chi connectivity index (χ0) is 11.5. The van der Waals surface area contributed by atoms with Gasteiger partial charge in [-0.2, -0.15) is 13.2 Å². The molecule has 0 saturated heterocycles. The van der Waals surface area contributed by atoms with Gasteiger partial charge in [-0.15, -0.1) is 0 Å². The summed E-state index contributed by atoms with van der Waals surface area (Å²) in [5.74, 6) is -0.828. The van der Waals surface area contributed by atoms with Crippen molar-refractivity contribution in [1.29, 1.82) is 0 Å². The molecule has 0 aromatic heterocycles. The molecule has 0 aliphatic carbocycles. The van der Waals surface area contributed by atoms with Crippen molar-refractivity contribution in [2.24, 2.45) is 0 Å². The summed E-state index contributed by atoms with van der Waals surface area (Å²) in [6, 6.07) is 2.98. The molecule has 0 saturated carbocycles. The monoisotopic (exact) mass is 221 g/mol. The molecule has 0 aliphatic rings. The van der Waals surface area contributed by atoms with Crippen molar-refractivity contribution in [2.75, 3.05) is 6.54 Å². The molecule has 0 aliphatic heterocycles. The first-order valence-electron chi connectivity index (χ1n) is 4.52. The molecule has 84 valence electrons. The number of nitrogens with one attached hydrogen (secondary N) is 1. The van der Waals surface area contributed by atoms with Gasteiger partial charge < -0.3 is 5.32 Å². The Bertz CT molecular complexity index is 333. The van der Waals surface area contributed by atoms with Gasteiger partial charge in [0.05, 0.1) is 5.56 Å². The fourth-order valence-corrected chi connectivity index (χ4v) is 1.25. The van der Waals surface area contributed by atoms with E-state index >= 15 is 0 Å². The van der Waals surface area contributed by atoms with Gasteiger partial charge in [-0.1, -0.05) is 13.0 Å². The lowest BCUT2D eigenvalue weighted by atomic mass is 10.1. The van der Waals surface area contributed by atoms with Crippen molar-refractivity contribution in [3.8, 4) is 0 Å². The number of halogens is 4. The molecule has 1 nitrogen and oxygen atoms in total. The van der Waals surface area contributed by atoms with Crippen LogP contribution in [0.15, 0.2) is 18.2 Å². The minimum atomic E-state index is -4.51. The zero-order valence-electron chi connectivity index (χ0n) is 8.16. The Hall–Kier alpha value is -1.10. The van der Waals surface area contributed by atoms with Gasteiger partial charge in [0.2, 0.25) is 0 Å². The van der Waals surface area contributed by atoms with E-state index in [4.69, 9.17) is 0 Å². The molecule has 0 fully saturated rings. The summed E-state index contributed by atoms with van der Waals surface area (Å²) in [6.45, 7) is 2.12. The Balaban J connectivity index is 3.09. The molecule has 1 aromatic rings. The molecule has 0 radical (unpaired) electrons. The highest BCUT2D eigenvalue weighted by molar-refractivity contribution is 5.30. The predicted molar refractivity (Wildman–Crippen MR) is 48.8 cm³/mol. The molecular formula is C10H11F4N. The van der Waals surface area contributed by atoms with Crippen molar-refractivity contribution in [3.05, 3.63) is 35.1 Å². The Labute approximate surface area is 85.1 Å². The molecule has 0 bridgehead atoms. The predicted octanol–water partition coefficient (Wildman–Crippen LogP) is 2.95. The average Bonchev–Trinajstić information content (AvgIpc) is 2.14. The lowest BCUT2D eigenvalue weighted by Gasteiger charge is -2.13. The van der Waals surface area contributed by atoms with E-state index in [-0.39, 0.29) is 12.1 Å². The summed E-state index contributed by atoms with van der Waals surface area (Å²) in [4.78, 5) is 0. The van der Waals surface area contributed by atoms with Crippen molar-refractivity contribution in [1.82, 2.24) is 5.32 Å². The molecule has 5 heteroatoms. The average molecular weight is 221 g/mol. The highest BCUT2D eigenvalue weighted by Crippen LogP contribution is 2.32. The standard InChI is InChI=1S/C10H11F4N/c1-2-15-6-7-8(10(12,13)14)4-3-5-9(7)11/h3-5,15H,2,6H2,1H3. The second kappa shape index (κ2) is 4.61. The number of rotatable bonds is 3. The van der Waals surface area contributed by atoms with Crippen LogP contribution in [-0.4, -0.2) is 6.54 Å². The molecule has 0 unspecified atom stereocenters. The van der Waals surface area contributed by atoms with Crippen molar-refractivity contribution in [3.63, 3.8) is 0 Å². The van der Waals surface area contributed by atoms with Crippen LogP contribution in [0.25, 0.3) is 0 Å². The molecule has 15 heavy (non-hydrogen) atoms. The SMILES string of the molecule is CCNCc1c(F)cccc1C(F)(F)F. The lowest BCUT2D eigenvalue weighted by molar-refractivity contribution is -0.138. The zero-order valence-corrected chi connectivity index (χ0v) is 8.16. The normalized spacial score (nSPS) is 11.8. The lowest BCUT2D eigenvalue weighted by Crippen LogP contribution is -2.18. The first kappa shape index (κ1) is 12.0. The largest absolute Gasteiger partial charge is 0.416 e. The van der Waals surface area contributed by atoms with Crippen molar-refractivity contribution < 1.29 is 17.6 Å². The van der Waals surface area contributed by atoms with Gasteiger partial charge in [0.15, 0.2) is 0 Å². The van der Waals surface area contributed by atoms with E-state index in [2.05, 4.69) is 5.32 Å². The minimum absolute atomic E-state index is 0.113. The molecule has 0 heterocycles. The molecule has 1 aromatic carbocycles. The van der Waals surface area contributed by atoms with E-state index < -0.39 is 17.6 Å². The van der Waals surface area contributed by atoms with E-state index in [1.807, 2.05) is 0 Å². The second-order valence-electron chi connectivity index (χ2n) is 3.04. The van der Waals surface area contributed by atoms with Gasteiger partial charge in [-0.25, -0.2) is 4.39 Å². The summed E-state index contributed by atoms with van der Waals surface area (Å²) < 4.78 is 50.5. The first-order chi connectivity index (χ1) is 6.96. The highest BCUT2D eigenvalue weighted by Gasteiger charge is 2.34. The third kappa shape index (κ3) is 2.92. The quantitative estimate of drug-likeness (QED) is 0.774. The highest BCUT2D eigenvalue weighted by atomic mass is 19.4. The van der Waals surface area contributed by atoms with Crippen LogP contribution in [0.1, 0.15) is 18.1 Å². The third-order valence-corrected chi connectivity index (χ3v) is 1.98. The first-order valence-corrected chi connectivity index (χ1v) is 4.52. The van der Waals surface area contributed by atoms with Crippen LogP contribution < -0.4 is 5.32 Å². The van der Waals surface area contributed by atoms with Crippen LogP contribution in [0.5, 0.6) is 0 Å². The number of benzene rings is 1. The Kier molecular flexibility index (Phi) is 3.68. The number of hydrogen-bond donors (Lipinski definition) is 1. The maximum Gasteiger partial charge on any atom is 0.416 e. The van der Waals surface area contributed by atoms with Gasteiger partial charge in [-0.05, 0) is 18.7 Å². The molecule has 0 atom stereocenters.